The van der Waals surface area contributed by atoms with Crippen LogP contribution in [0.4, 0.5) is 0 Å². The van der Waals surface area contributed by atoms with Gasteiger partial charge in [-0.3, -0.25) is 9.20 Å². The fraction of sp³-hybridized carbons (Fsp3) is 0.250. The molecule has 0 radical (unpaired) electrons. The molecule has 0 fully saturated rings. The number of fused-ring (bicyclic) bond motifs is 1. The first-order valence-electron chi connectivity index (χ1n) is 8.56. The molecular weight excluding hydrogens is 328 g/mol. The predicted octanol–water partition coefficient (Wildman–Crippen LogP) is 3.26. The Balaban J connectivity index is 1.96. The number of nitrogens with zero attached hydrogens (tertiary/aromatic N) is 4. The zero-order valence-electron chi connectivity index (χ0n) is 15.1. The Morgan fingerprint density at radius 2 is 2.15 bits per heavy atom. The van der Waals surface area contributed by atoms with Crippen LogP contribution in [0.3, 0.4) is 0 Å². The molecule has 0 bridgehead atoms. The van der Waals surface area contributed by atoms with E-state index in [0.29, 0.717) is 36.9 Å². The quantitative estimate of drug-likeness (QED) is 0.614. The Morgan fingerprint density at radius 3 is 2.92 bits per heavy atom. The topological polar surface area (TPSA) is 59.7 Å². The molecule has 3 rings (SSSR count). The zero-order valence-corrected chi connectivity index (χ0v) is 15.1. The molecule has 1 amide bonds. The van der Waals surface area contributed by atoms with Crippen molar-refractivity contribution in [3.8, 4) is 5.75 Å². The largest absolute Gasteiger partial charge is 0.494 e. The summed E-state index contributed by atoms with van der Waals surface area (Å²) in [4.78, 5) is 23.6. The maximum atomic E-state index is 13.3. The highest BCUT2D eigenvalue weighted by atomic mass is 16.5. The third-order valence-electron chi connectivity index (χ3n) is 4.05. The second-order valence-corrected chi connectivity index (χ2v) is 5.85. The third-order valence-corrected chi connectivity index (χ3v) is 4.05. The highest BCUT2D eigenvalue weighted by Gasteiger charge is 2.23. The van der Waals surface area contributed by atoms with Crippen LogP contribution < -0.4 is 4.74 Å². The Labute approximate surface area is 152 Å². The summed E-state index contributed by atoms with van der Waals surface area (Å²) in [6.45, 7) is 8.97. The van der Waals surface area contributed by atoms with Crippen LogP contribution in [0.2, 0.25) is 0 Å². The van der Waals surface area contributed by atoms with E-state index in [1.165, 1.54) is 0 Å². The molecule has 0 N–H and O–H groups in total. The molecule has 26 heavy (non-hydrogen) atoms. The number of benzene rings is 1. The summed E-state index contributed by atoms with van der Waals surface area (Å²) < 4.78 is 7.41. The van der Waals surface area contributed by atoms with Gasteiger partial charge >= 0.3 is 0 Å². The maximum Gasteiger partial charge on any atom is 0.273 e. The summed E-state index contributed by atoms with van der Waals surface area (Å²) in [6, 6.07) is 9.54. The predicted molar refractivity (Wildman–Crippen MR) is 100 cm³/mol. The molecule has 0 aliphatic carbocycles. The first-order valence-corrected chi connectivity index (χ1v) is 8.56. The molecule has 0 saturated heterocycles. The van der Waals surface area contributed by atoms with Crippen LogP contribution in [0.1, 0.15) is 28.7 Å². The lowest BCUT2D eigenvalue weighted by molar-refractivity contribution is 0.0753. The van der Waals surface area contributed by atoms with E-state index in [1.54, 1.807) is 33.8 Å². The molecule has 2 heterocycles. The number of amides is 1. The van der Waals surface area contributed by atoms with E-state index in [2.05, 4.69) is 16.5 Å². The van der Waals surface area contributed by atoms with Crippen LogP contribution in [0.15, 0.2) is 55.4 Å². The van der Waals surface area contributed by atoms with Gasteiger partial charge in [-0.15, -0.1) is 6.58 Å². The lowest BCUT2D eigenvalue weighted by Gasteiger charge is -2.22. The first-order chi connectivity index (χ1) is 12.7. The fourth-order valence-corrected chi connectivity index (χ4v) is 2.92. The molecule has 0 saturated carbocycles. The molecule has 6 nitrogen and oxygen atoms in total. The molecule has 134 valence electrons. The van der Waals surface area contributed by atoms with Gasteiger partial charge in [0, 0.05) is 24.5 Å². The van der Waals surface area contributed by atoms with E-state index in [-0.39, 0.29) is 5.91 Å². The summed E-state index contributed by atoms with van der Waals surface area (Å²) in [5.41, 5.74) is 2.12. The third kappa shape index (κ3) is 3.44. The van der Waals surface area contributed by atoms with Gasteiger partial charge in [0.2, 0.25) is 5.78 Å². The highest BCUT2D eigenvalue weighted by Crippen LogP contribution is 2.22. The van der Waals surface area contributed by atoms with Crippen molar-refractivity contribution in [2.24, 2.45) is 0 Å². The van der Waals surface area contributed by atoms with Crippen LogP contribution in [0.5, 0.6) is 5.75 Å². The van der Waals surface area contributed by atoms with Crippen molar-refractivity contribution in [3.05, 3.63) is 72.3 Å². The normalized spacial score (nSPS) is 10.7. The Morgan fingerprint density at radius 1 is 1.35 bits per heavy atom. The number of hydrogen-bond donors (Lipinski definition) is 0. The maximum absolute atomic E-state index is 13.3. The van der Waals surface area contributed by atoms with Crippen molar-refractivity contribution < 1.29 is 9.53 Å². The summed E-state index contributed by atoms with van der Waals surface area (Å²) >= 11 is 0. The molecule has 1 aromatic carbocycles. The molecule has 3 aromatic rings. The van der Waals surface area contributed by atoms with E-state index in [4.69, 9.17) is 4.74 Å². The smallest absolute Gasteiger partial charge is 0.273 e. The second kappa shape index (κ2) is 7.82. The van der Waals surface area contributed by atoms with E-state index in [9.17, 15) is 4.79 Å². The van der Waals surface area contributed by atoms with Gasteiger partial charge in [0.15, 0.2) is 0 Å². The van der Waals surface area contributed by atoms with Crippen molar-refractivity contribution in [2.45, 2.75) is 20.4 Å². The minimum absolute atomic E-state index is 0.116. The van der Waals surface area contributed by atoms with Crippen LogP contribution in [-0.4, -0.2) is 38.3 Å². The number of carbonyl (C=O) groups is 1. The molecule has 2 aromatic heterocycles. The van der Waals surface area contributed by atoms with Crippen LogP contribution in [0, 0.1) is 6.92 Å². The number of para-hydroxylation sites is 1. The van der Waals surface area contributed by atoms with Gasteiger partial charge in [0.1, 0.15) is 11.4 Å². The molecule has 6 heteroatoms. The molecule has 0 unspecified atom stereocenters. The van der Waals surface area contributed by atoms with E-state index in [1.807, 2.05) is 38.1 Å². The summed E-state index contributed by atoms with van der Waals surface area (Å²) in [5, 5.41) is 0. The van der Waals surface area contributed by atoms with Gasteiger partial charge in [-0.25, -0.2) is 9.97 Å². The number of imidazole rings is 1. The minimum atomic E-state index is -0.116. The number of ether oxygens (including phenoxy) is 1. The zero-order chi connectivity index (χ0) is 18.5. The number of aromatic nitrogens is 3. The standard InChI is InChI=1S/C20H22N4O2/c1-4-12-23(14-16-9-6-7-10-17(16)26-5-2)19(25)18-15(3)22-20-21-11-8-13-24(18)20/h4,6-11,13H,1,5,12,14H2,2-3H3. The van der Waals surface area contributed by atoms with Crippen LogP contribution >= 0.6 is 0 Å². The molecule has 0 spiro atoms. The number of hydrogen-bond acceptors (Lipinski definition) is 4. The van der Waals surface area contributed by atoms with Crippen molar-refractivity contribution in [2.75, 3.05) is 13.2 Å². The highest BCUT2D eigenvalue weighted by molar-refractivity contribution is 5.94. The monoisotopic (exact) mass is 350 g/mol. The molecule has 0 aliphatic rings. The van der Waals surface area contributed by atoms with Gasteiger partial charge in [0.25, 0.3) is 5.91 Å². The molecular formula is C20H22N4O2. The second-order valence-electron chi connectivity index (χ2n) is 5.85. The van der Waals surface area contributed by atoms with E-state index >= 15 is 0 Å². The van der Waals surface area contributed by atoms with Gasteiger partial charge in [-0.05, 0) is 26.0 Å². The van der Waals surface area contributed by atoms with E-state index in [0.717, 1.165) is 11.3 Å². The average molecular weight is 350 g/mol. The Hall–Kier alpha value is -3.15. The fourth-order valence-electron chi connectivity index (χ4n) is 2.92. The van der Waals surface area contributed by atoms with Gasteiger partial charge < -0.3 is 9.64 Å². The Kier molecular flexibility index (Phi) is 5.31. The molecule has 0 atom stereocenters. The van der Waals surface area contributed by atoms with Gasteiger partial charge in [-0.1, -0.05) is 24.3 Å². The van der Waals surface area contributed by atoms with Crippen molar-refractivity contribution in [3.63, 3.8) is 0 Å². The molecule has 0 aliphatic heterocycles. The Bertz CT molecular complexity index is 932. The first kappa shape index (κ1) is 17.7. The van der Waals surface area contributed by atoms with Crippen molar-refractivity contribution >= 4 is 11.7 Å². The lowest BCUT2D eigenvalue weighted by Crippen LogP contribution is -2.32. The van der Waals surface area contributed by atoms with E-state index < -0.39 is 0 Å². The van der Waals surface area contributed by atoms with Gasteiger partial charge in [0.05, 0.1) is 18.8 Å². The van der Waals surface area contributed by atoms with Crippen molar-refractivity contribution in [1.82, 2.24) is 19.3 Å². The minimum Gasteiger partial charge on any atom is -0.494 e. The number of aryl methyl sites for hydroxylation is 1. The van der Waals surface area contributed by atoms with Crippen LogP contribution in [-0.2, 0) is 6.54 Å². The lowest BCUT2D eigenvalue weighted by atomic mass is 10.1. The number of rotatable bonds is 7. The average Bonchev–Trinajstić information content (AvgIpc) is 2.98. The van der Waals surface area contributed by atoms with Crippen LogP contribution in [0.25, 0.3) is 5.78 Å². The summed E-state index contributed by atoms with van der Waals surface area (Å²) in [6.07, 6.45) is 5.18. The van der Waals surface area contributed by atoms with Gasteiger partial charge in [-0.2, -0.15) is 0 Å². The van der Waals surface area contributed by atoms with Crippen molar-refractivity contribution in [1.29, 1.82) is 0 Å². The number of carbonyl (C=O) groups excluding carboxylic acids is 1. The summed E-state index contributed by atoms with van der Waals surface area (Å²) in [7, 11) is 0. The SMILES string of the molecule is C=CCN(Cc1ccccc1OCC)C(=O)c1c(C)nc2ncccn12. The summed E-state index contributed by atoms with van der Waals surface area (Å²) in [5.74, 6) is 1.18.